The van der Waals surface area contributed by atoms with Crippen LogP contribution in [-0.2, 0) is 9.53 Å². The predicted molar refractivity (Wildman–Crippen MR) is 134 cm³/mol. The van der Waals surface area contributed by atoms with E-state index in [1.165, 1.54) is 20.6 Å². The molecule has 0 aliphatic heterocycles. The molecule has 0 radical (unpaired) electrons. The number of anilines is 1. The van der Waals surface area contributed by atoms with Crippen LogP contribution in [0.15, 0.2) is 65.6 Å². The molecule has 1 N–H and O–H groups in total. The molecule has 4 rings (SSSR count). The third kappa shape index (κ3) is 5.42. The smallest absolute Gasteiger partial charge is 0.409 e. The monoisotopic (exact) mass is 474 g/mol. The van der Waals surface area contributed by atoms with Crippen molar-refractivity contribution in [3.05, 3.63) is 82.4 Å². The number of ether oxygens (including phenoxy) is 1. The highest BCUT2D eigenvalue weighted by molar-refractivity contribution is 5.89. The molecule has 8 nitrogen and oxygen atoms in total. The molecule has 2 aromatic carbocycles. The van der Waals surface area contributed by atoms with Crippen LogP contribution in [0.3, 0.4) is 0 Å². The zero-order valence-corrected chi connectivity index (χ0v) is 20.2. The highest BCUT2D eigenvalue weighted by Crippen LogP contribution is 2.44. The summed E-state index contributed by atoms with van der Waals surface area (Å²) in [5.74, 6) is -0.0360. The van der Waals surface area contributed by atoms with Gasteiger partial charge in [0.2, 0.25) is 5.91 Å². The summed E-state index contributed by atoms with van der Waals surface area (Å²) in [7, 11) is 1.66. The maximum atomic E-state index is 12.6. The van der Waals surface area contributed by atoms with E-state index in [0.717, 1.165) is 11.1 Å². The molecule has 0 spiro atoms. The molecule has 1 heterocycles. The van der Waals surface area contributed by atoms with E-state index in [1.807, 2.05) is 38.1 Å². The lowest BCUT2D eigenvalue weighted by atomic mass is 9.98. The third-order valence-electron chi connectivity index (χ3n) is 6.20. The molecular formula is C27H30N4O4. The molecule has 3 aromatic rings. The number of hydrogen-bond donors (Lipinski definition) is 1. The molecule has 0 unspecified atom stereocenters. The molecule has 0 fully saturated rings. The second kappa shape index (κ2) is 10.5. The van der Waals surface area contributed by atoms with Crippen LogP contribution in [0.5, 0.6) is 0 Å². The third-order valence-corrected chi connectivity index (χ3v) is 6.20. The number of hydrogen-bond acceptors (Lipinski definition) is 5. The summed E-state index contributed by atoms with van der Waals surface area (Å²) in [4.78, 5) is 42.1. The van der Waals surface area contributed by atoms with Crippen molar-refractivity contribution >= 4 is 17.8 Å². The van der Waals surface area contributed by atoms with Gasteiger partial charge in [0.05, 0.1) is 0 Å². The van der Waals surface area contributed by atoms with E-state index in [0.29, 0.717) is 13.0 Å². The molecule has 1 aliphatic carbocycles. The second-order valence-electron chi connectivity index (χ2n) is 8.97. The van der Waals surface area contributed by atoms with Gasteiger partial charge in [-0.2, -0.15) is 4.98 Å². The topological polar surface area (TPSA) is 93.5 Å². The van der Waals surface area contributed by atoms with Gasteiger partial charge in [0.1, 0.15) is 12.4 Å². The minimum atomic E-state index is -0.425. The average Bonchev–Trinajstić information content (AvgIpc) is 3.16. The molecule has 8 heteroatoms. The minimum absolute atomic E-state index is 0.00387. The summed E-state index contributed by atoms with van der Waals surface area (Å²) >= 11 is 0. The van der Waals surface area contributed by atoms with Gasteiger partial charge in [-0.3, -0.25) is 9.36 Å². The van der Waals surface area contributed by atoms with Crippen LogP contribution < -0.4 is 11.0 Å². The quantitative estimate of drug-likeness (QED) is 0.522. The van der Waals surface area contributed by atoms with Crippen molar-refractivity contribution in [1.82, 2.24) is 14.5 Å². The van der Waals surface area contributed by atoms with Gasteiger partial charge in [0.25, 0.3) is 0 Å². The van der Waals surface area contributed by atoms with Crippen molar-refractivity contribution in [2.45, 2.75) is 38.6 Å². The fourth-order valence-electron chi connectivity index (χ4n) is 4.35. The Bertz CT molecular complexity index is 1240. The van der Waals surface area contributed by atoms with Gasteiger partial charge >= 0.3 is 11.8 Å². The van der Waals surface area contributed by atoms with E-state index in [-0.39, 0.29) is 36.7 Å². The van der Waals surface area contributed by atoms with Crippen molar-refractivity contribution in [2.75, 3.05) is 25.5 Å². The van der Waals surface area contributed by atoms with Crippen molar-refractivity contribution in [3.63, 3.8) is 0 Å². The maximum Gasteiger partial charge on any atom is 0.409 e. The first kappa shape index (κ1) is 24.2. The fraction of sp³-hybridized carbons (Fsp3) is 0.333. The van der Waals surface area contributed by atoms with Gasteiger partial charge in [-0.1, -0.05) is 48.5 Å². The Labute approximate surface area is 204 Å². The Morgan fingerprint density at radius 3 is 2.29 bits per heavy atom. The van der Waals surface area contributed by atoms with Crippen LogP contribution in [0.25, 0.3) is 11.1 Å². The van der Waals surface area contributed by atoms with Crippen LogP contribution in [0.4, 0.5) is 10.6 Å². The van der Waals surface area contributed by atoms with Crippen molar-refractivity contribution in [2.24, 2.45) is 0 Å². The normalized spacial score (nSPS) is 12.2. The van der Waals surface area contributed by atoms with Gasteiger partial charge in [-0.05, 0) is 48.6 Å². The van der Waals surface area contributed by atoms with E-state index in [9.17, 15) is 14.4 Å². The maximum absolute atomic E-state index is 12.6. The largest absolute Gasteiger partial charge is 0.448 e. The standard InChI is InChI=1S/C27H30N4O4/c1-18(2)31-16-14-24(29-26(31)33)28-25(32)13-8-15-30(3)27(34)35-17-23-21-11-6-4-9-19(21)20-10-5-7-12-22(20)23/h4-7,9-12,14,16,18,23H,8,13,15,17H2,1-3H3,(H,28,29,32,33). The van der Waals surface area contributed by atoms with Crippen LogP contribution >= 0.6 is 0 Å². The Morgan fingerprint density at radius 1 is 1.06 bits per heavy atom. The van der Waals surface area contributed by atoms with Crippen molar-refractivity contribution in [1.29, 1.82) is 0 Å². The zero-order valence-electron chi connectivity index (χ0n) is 20.2. The number of carbonyl (C=O) groups excluding carboxylic acids is 2. The first-order valence-electron chi connectivity index (χ1n) is 11.8. The second-order valence-corrected chi connectivity index (χ2v) is 8.97. The van der Waals surface area contributed by atoms with E-state index in [1.54, 1.807) is 19.3 Å². The number of nitrogens with zero attached hydrogens (tertiary/aromatic N) is 3. The Hall–Kier alpha value is -3.94. The lowest BCUT2D eigenvalue weighted by Gasteiger charge is -2.19. The summed E-state index contributed by atoms with van der Waals surface area (Å²) in [6.45, 7) is 4.39. The molecule has 2 amide bonds. The van der Waals surface area contributed by atoms with Crippen LogP contribution in [0.1, 0.15) is 49.8 Å². The first-order chi connectivity index (χ1) is 16.8. The molecule has 182 valence electrons. The molecule has 35 heavy (non-hydrogen) atoms. The van der Waals surface area contributed by atoms with Gasteiger partial charge in [-0.25, -0.2) is 9.59 Å². The number of amides is 2. The van der Waals surface area contributed by atoms with Crippen molar-refractivity contribution < 1.29 is 14.3 Å². The predicted octanol–water partition coefficient (Wildman–Crippen LogP) is 4.42. The zero-order chi connectivity index (χ0) is 24.9. The molecule has 0 saturated heterocycles. The lowest BCUT2D eigenvalue weighted by Crippen LogP contribution is -2.30. The molecule has 0 bridgehead atoms. The number of rotatable bonds is 8. The summed E-state index contributed by atoms with van der Waals surface area (Å²) < 4.78 is 7.12. The molecule has 0 atom stereocenters. The van der Waals surface area contributed by atoms with Crippen molar-refractivity contribution in [3.8, 4) is 11.1 Å². The lowest BCUT2D eigenvalue weighted by molar-refractivity contribution is -0.116. The highest BCUT2D eigenvalue weighted by Gasteiger charge is 2.29. The summed E-state index contributed by atoms with van der Waals surface area (Å²) in [5, 5.41) is 2.63. The van der Waals surface area contributed by atoms with E-state index < -0.39 is 11.8 Å². The van der Waals surface area contributed by atoms with E-state index >= 15 is 0 Å². The number of benzene rings is 2. The SMILES string of the molecule is CC(C)n1ccc(NC(=O)CCCN(C)C(=O)OCC2c3ccccc3-c3ccccc32)nc1=O. The van der Waals surface area contributed by atoms with Crippen LogP contribution in [0.2, 0.25) is 0 Å². The number of nitrogens with one attached hydrogen (secondary N) is 1. The molecule has 1 aliphatic rings. The summed E-state index contributed by atoms with van der Waals surface area (Å²) in [6.07, 6.45) is 1.83. The number of carbonyl (C=O) groups is 2. The number of aromatic nitrogens is 2. The highest BCUT2D eigenvalue weighted by atomic mass is 16.6. The molecule has 1 aromatic heterocycles. The van der Waals surface area contributed by atoms with Gasteiger partial charge < -0.3 is 15.0 Å². The van der Waals surface area contributed by atoms with Gasteiger partial charge in [0.15, 0.2) is 0 Å². The van der Waals surface area contributed by atoms with E-state index in [4.69, 9.17) is 4.74 Å². The minimum Gasteiger partial charge on any atom is -0.448 e. The Kier molecular flexibility index (Phi) is 7.29. The van der Waals surface area contributed by atoms with Crippen LogP contribution in [0, 0.1) is 0 Å². The van der Waals surface area contributed by atoms with Crippen LogP contribution in [-0.4, -0.2) is 46.7 Å². The average molecular weight is 475 g/mol. The number of fused-ring (bicyclic) bond motifs is 3. The van der Waals surface area contributed by atoms with Gasteiger partial charge in [-0.15, -0.1) is 0 Å². The Morgan fingerprint density at radius 2 is 1.69 bits per heavy atom. The summed E-state index contributed by atoms with van der Waals surface area (Å²) in [6, 6.07) is 18.0. The van der Waals surface area contributed by atoms with Gasteiger partial charge in [0, 0.05) is 38.2 Å². The fourth-order valence-corrected chi connectivity index (χ4v) is 4.35. The molecule has 0 saturated carbocycles. The van der Waals surface area contributed by atoms with E-state index in [2.05, 4.69) is 34.6 Å². The summed E-state index contributed by atoms with van der Waals surface area (Å²) in [5.41, 5.74) is 4.28. The first-order valence-corrected chi connectivity index (χ1v) is 11.8. The Balaban J connectivity index is 1.25. The molecular weight excluding hydrogens is 444 g/mol.